The SMILES string of the molecule is CC1=NN(C(=S)c2ccccc2)[C@@](C)(O)[C@H]1CC(C)C. The molecule has 2 atom stereocenters. The van der Waals surface area contributed by atoms with Gasteiger partial charge in [-0.05, 0) is 26.2 Å². The highest BCUT2D eigenvalue weighted by Gasteiger charge is 2.46. The molecule has 20 heavy (non-hydrogen) atoms. The average Bonchev–Trinajstić information content (AvgIpc) is 2.62. The molecule has 1 aromatic carbocycles. The summed E-state index contributed by atoms with van der Waals surface area (Å²) < 4.78 is 0. The van der Waals surface area contributed by atoms with Crippen molar-refractivity contribution in [3.8, 4) is 0 Å². The number of hydrogen-bond acceptors (Lipinski definition) is 3. The Morgan fingerprint density at radius 2 is 2.00 bits per heavy atom. The molecule has 0 saturated carbocycles. The van der Waals surface area contributed by atoms with Gasteiger partial charge in [-0.3, -0.25) is 0 Å². The summed E-state index contributed by atoms with van der Waals surface area (Å²) in [5, 5.41) is 17.0. The summed E-state index contributed by atoms with van der Waals surface area (Å²) >= 11 is 5.51. The first-order valence-electron chi connectivity index (χ1n) is 7.01. The zero-order chi connectivity index (χ0) is 14.9. The second-order valence-electron chi connectivity index (χ2n) is 6.00. The summed E-state index contributed by atoms with van der Waals surface area (Å²) in [7, 11) is 0. The molecule has 0 bridgehead atoms. The standard InChI is InChI=1S/C16H22N2OS/c1-11(2)10-14-12(3)17-18(16(14,4)19)15(20)13-8-6-5-7-9-13/h5-9,11,14,19H,10H2,1-4H3/t14-,16-/m0/s1. The van der Waals surface area contributed by atoms with Gasteiger partial charge in [-0.15, -0.1) is 0 Å². The highest BCUT2D eigenvalue weighted by Crippen LogP contribution is 2.36. The number of rotatable bonds is 3. The van der Waals surface area contributed by atoms with Gasteiger partial charge in [0.25, 0.3) is 0 Å². The van der Waals surface area contributed by atoms with Crippen molar-refractivity contribution in [2.45, 2.75) is 39.8 Å². The Kier molecular flexibility index (Phi) is 4.25. The smallest absolute Gasteiger partial charge is 0.164 e. The lowest BCUT2D eigenvalue weighted by Gasteiger charge is -2.34. The molecule has 0 fully saturated rings. The van der Waals surface area contributed by atoms with E-state index in [2.05, 4.69) is 18.9 Å². The first-order valence-corrected chi connectivity index (χ1v) is 7.42. The molecule has 1 aliphatic heterocycles. The Balaban J connectivity index is 2.28. The molecule has 1 N–H and O–H groups in total. The zero-order valence-corrected chi connectivity index (χ0v) is 13.3. The van der Waals surface area contributed by atoms with Gasteiger partial charge in [0.1, 0.15) is 4.99 Å². The van der Waals surface area contributed by atoms with Crippen molar-refractivity contribution >= 4 is 22.9 Å². The van der Waals surface area contributed by atoms with Crippen LogP contribution in [0.25, 0.3) is 0 Å². The molecule has 0 radical (unpaired) electrons. The molecule has 0 unspecified atom stereocenters. The monoisotopic (exact) mass is 290 g/mol. The van der Waals surface area contributed by atoms with E-state index in [1.807, 2.05) is 37.3 Å². The predicted octanol–water partition coefficient (Wildman–Crippen LogP) is 3.42. The summed E-state index contributed by atoms with van der Waals surface area (Å²) in [6.07, 6.45) is 0.899. The zero-order valence-electron chi connectivity index (χ0n) is 12.5. The first-order chi connectivity index (χ1) is 9.34. The van der Waals surface area contributed by atoms with Crippen LogP contribution in [0.1, 0.15) is 39.7 Å². The Morgan fingerprint density at radius 3 is 2.55 bits per heavy atom. The Labute approximate surface area is 126 Å². The third-order valence-electron chi connectivity index (χ3n) is 3.77. The van der Waals surface area contributed by atoms with Crippen molar-refractivity contribution in [1.82, 2.24) is 5.01 Å². The molecule has 4 heteroatoms. The van der Waals surface area contributed by atoms with Crippen LogP contribution in [0.4, 0.5) is 0 Å². The van der Waals surface area contributed by atoms with Crippen LogP contribution in [0.3, 0.4) is 0 Å². The molecule has 0 aromatic heterocycles. The van der Waals surface area contributed by atoms with Crippen LogP contribution < -0.4 is 0 Å². The fourth-order valence-corrected chi connectivity index (χ4v) is 3.05. The number of nitrogens with zero attached hydrogens (tertiary/aromatic N) is 2. The quantitative estimate of drug-likeness (QED) is 0.866. The summed E-state index contributed by atoms with van der Waals surface area (Å²) in [6, 6.07) is 9.71. The summed E-state index contributed by atoms with van der Waals surface area (Å²) in [5.74, 6) is 0.519. The van der Waals surface area contributed by atoms with Crippen molar-refractivity contribution in [2.24, 2.45) is 16.9 Å². The third-order valence-corrected chi connectivity index (χ3v) is 4.18. The van der Waals surface area contributed by atoms with E-state index in [4.69, 9.17) is 12.2 Å². The molecule has 1 aliphatic rings. The second kappa shape index (κ2) is 5.62. The topological polar surface area (TPSA) is 35.8 Å². The van der Waals surface area contributed by atoms with E-state index in [1.165, 1.54) is 0 Å². The fourth-order valence-electron chi connectivity index (χ4n) is 2.69. The average molecular weight is 290 g/mol. The van der Waals surface area contributed by atoms with E-state index in [9.17, 15) is 5.11 Å². The summed E-state index contributed by atoms with van der Waals surface area (Å²) in [6.45, 7) is 8.08. The minimum absolute atomic E-state index is 0.0177. The van der Waals surface area contributed by atoms with Crippen molar-refractivity contribution < 1.29 is 5.11 Å². The molecule has 1 aromatic rings. The van der Waals surface area contributed by atoms with Crippen molar-refractivity contribution in [1.29, 1.82) is 0 Å². The highest BCUT2D eigenvalue weighted by atomic mass is 32.1. The number of thiocarbonyl (C=S) groups is 1. The minimum Gasteiger partial charge on any atom is -0.369 e. The highest BCUT2D eigenvalue weighted by molar-refractivity contribution is 7.80. The van der Waals surface area contributed by atoms with Gasteiger partial charge in [-0.25, -0.2) is 5.01 Å². The molecule has 3 nitrogen and oxygen atoms in total. The van der Waals surface area contributed by atoms with Crippen molar-refractivity contribution in [2.75, 3.05) is 0 Å². The largest absolute Gasteiger partial charge is 0.369 e. The van der Waals surface area contributed by atoms with Gasteiger partial charge in [0.2, 0.25) is 0 Å². The molecule has 1 heterocycles. The van der Waals surface area contributed by atoms with Gasteiger partial charge in [-0.1, -0.05) is 56.4 Å². The summed E-state index contributed by atoms with van der Waals surface area (Å²) in [5.41, 5.74) is 0.799. The second-order valence-corrected chi connectivity index (χ2v) is 6.39. The van der Waals surface area contributed by atoms with Crippen LogP contribution >= 0.6 is 12.2 Å². The molecule has 2 rings (SSSR count). The van der Waals surface area contributed by atoms with Crippen LogP contribution in [-0.4, -0.2) is 26.5 Å². The van der Waals surface area contributed by atoms with Crippen LogP contribution in [0.2, 0.25) is 0 Å². The lowest BCUT2D eigenvalue weighted by Crippen LogP contribution is -2.48. The minimum atomic E-state index is -1.05. The molecule has 0 amide bonds. The van der Waals surface area contributed by atoms with Gasteiger partial charge >= 0.3 is 0 Å². The van der Waals surface area contributed by atoms with E-state index in [0.29, 0.717) is 10.9 Å². The number of benzene rings is 1. The maximum absolute atomic E-state index is 10.9. The van der Waals surface area contributed by atoms with E-state index >= 15 is 0 Å². The van der Waals surface area contributed by atoms with Gasteiger partial charge in [0, 0.05) is 17.2 Å². The van der Waals surface area contributed by atoms with E-state index in [1.54, 1.807) is 11.9 Å². The Morgan fingerprint density at radius 1 is 1.40 bits per heavy atom. The molecular formula is C16H22N2OS. The van der Waals surface area contributed by atoms with Gasteiger partial charge in [0.15, 0.2) is 5.72 Å². The van der Waals surface area contributed by atoms with Gasteiger partial charge < -0.3 is 5.11 Å². The maximum Gasteiger partial charge on any atom is 0.164 e. The first kappa shape index (κ1) is 15.1. The third kappa shape index (κ3) is 2.76. The molecule has 0 spiro atoms. The lowest BCUT2D eigenvalue weighted by molar-refractivity contribution is -0.0681. The van der Waals surface area contributed by atoms with E-state index < -0.39 is 5.72 Å². The Bertz CT molecular complexity index is 523. The van der Waals surface area contributed by atoms with Crippen molar-refractivity contribution in [3.63, 3.8) is 0 Å². The molecule has 0 aliphatic carbocycles. The lowest BCUT2D eigenvalue weighted by atomic mass is 9.86. The van der Waals surface area contributed by atoms with E-state index in [0.717, 1.165) is 17.7 Å². The van der Waals surface area contributed by atoms with Crippen LogP contribution in [0, 0.1) is 11.8 Å². The van der Waals surface area contributed by atoms with E-state index in [-0.39, 0.29) is 5.92 Å². The Hall–Kier alpha value is -1.26. The summed E-state index contributed by atoms with van der Waals surface area (Å²) in [4.78, 5) is 0.571. The maximum atomic E-state index is 10.9. The number of aliphatic hydroxyl groups is 1. The molecule has 0 saturated heterocycles. The molecular weight excluding hydrogens is 268 g/mol. The van der Waals surface area contributed by atoms with Crippen LogP contribution in [-0.2, 0) is 0 Å². The van der Waals surface area contributed by atoms with Crippen molar-refractivity contribution in [3.05, 3.63) is 35.9 Å². The molecule has 108 valence electrons. The van der Waals surface area contributed by atoms with Crippen LogP contribution in [0.15, 0.2) is 35.4 Å². The number of hydrazone groups is 1. The fraction of sp³-hybridized carbons (Fsp3) is 0.500. The normalized spacial score (nSPS) is 26.0. The van der Waals surface area contributed by atoms with Gasteiger partial charge in [0.05, 0.1) is 0 Å². The predicted molar refractivity (Wildman–Crippen MR) is 86.7 cm³/mol. The van der Waals surface area contributed by atoms with Crippen LogP contribution in [0.5, 0.6) is 0 Å². The number of hydrogen-bond donors (Lipinski definition) is 1. The van der Waals surface area contributed by atoms with Gasteiger partial charge in [-0.2, -0.15) is 5.10 Å².